The van der Waals surface area contributed by atoms with Crippen LogP contribution in [0.3, 0.4) is 0 Å². The van der Waals surface area contributed by atoms with E-state index in [4.69, 9.17) is 10.00 Å². The summed E-state index contributed by atoms with van der Waals surface area (Å²) < 4.78 is 5.96. The number of nitrogens with one attached hydrogen (secondary N) is 1. The summed E-state index contributed by atoms with van der Waals surface area (Å²) in [6.45, 7) is 11.5. The molecule has 0 bridgehead atoms. The Morgan fingerprint density at radius 3 is 2.56 bits per heavy atom. The van der Waals surface area contributed by atoms with Gasteiger partial charge in [-0.05, 0) is 44.4 Å². The number of ether oxygens (including phenoxy) is 1. The van der Waals surface area contributed by atoms with E-state index in [1.54, 1.807) is 0 Å². The van der Waals surface area contributed by atoms with Gasteiger partial charge in [0, 0.05) is 6.04 Å². The fraction of sp³-hybridized carbons (Fsp3) is 0.933. The summed E-state index contributed by atoms with van der Waals surface area (Å²) in [6, 6.07) is 2.40. The molecular weight excluding hydrogens is 224 g/mol. The molecule has 1 rings (SSSR count). The second-order valence-corrected chi connectivity index (χ2v) is 6.87. The molecule has 0 aromatic rings. The van der Waals surface area contributed by atoms with E-state index in [2.05, 4.69) is 46.0 Å². The average Bonchev–Trinajstić information content (AvgIpc) is 2.20. The largest absolute Gasteiger partial charge is 0.375 e. The van der Waals surface area contributed by atoms with Crippen molar-refractivity contribution in [3.05, 3.63) is 0 Å². The monoisotopic (exact) mass is 252 g/mol. The van der Waals surface area contributed by atoms with Crippen molar-refractivity contribution in [2.24, 2.45) is 11.3 Å². The van der Waals surface area contributed by atoms with Crippen LogP contribution in [0.2, 0.25) is 0 Å². The number of hydrogen-bond acceptors (Lipinski definition) is 3. The summed E-state index contributed by atoms with van der Waals surface area (Å²) in [4.78, 5) is 0. The Bertz CT molecular complexity index is 293. The Hall–Kier alpha value is -0.590. The molecule has 1 fully saturated rings. The second-order valence-electron chi connectivity index (χ2n) is 6.87. The van der Waals surface area contributed by atoms with Crippen LogP contribution >= 0.6 is 0 Å². The highest BCUT2D eigenvalue weighted by molar-refractivity contribution is 4.91. The van der Waals surface area contributed by atoms with E-state index in [-0.39, 0.29) is 6.04 Å². The first-order valence-electron chi connectivity index (χ1n) is 7.09. The highest BCUT2D eigenvalue weighted by atomic mass is 16.5. The van der Waals surface area contributed by atoms with Gasteiger partial charge in [0.2, 0.25) is 0 Å². The normalized spacial score (nSPS) is 28.9. The van der Waals surface area contributed by atoms with Crippen molar-refractivity contribution in [1.29, 1.82) is 5.26 Å². The maximum Gasteiger partial charge on any atom is 0.119 e. The van der Waals surface area contributed by atoms with Crippen molar-refractivity contribution in [2.75, 3.05) is 6.61 Å². The van der Waals surface area contributed by atoms with E-state index in [0.29, 0.717) is 24.2 Å². The van der Waals surface area contributed by atoms with Gasteiger partial charge in [0.1, 0.15) is 6.04 Å². The van der Waals surface area contributed by atoms with Gasteiger partial charge >= 0.3 is 0 Å². The molecule has 0 aromatic heterocycles. The Morgan fingerprint density at radius 1 is 1.39 bits per heavy atom. The van der Waals surface area contributed by atoms with Gasteiger partial charge < -0.3 is 4.74 Å². The van der Waals surface area contributed by atoms with Crippen LogP contribution in [-0.2, 0) is 4.74 Å². The van der Waals surface area contributed by atoms with Gasteiger partial charge in [0.15, 0.2) is 0 Å². The fourth-order valence-corrected chi connectivity index (χ4v) is 3.14. The predicted molar refractivity (Wildman–Crippen MR) is 74.2 cm³/mol. The highest BCUT2D eigenvalue weighted by Gasteiger charge is 2.32. The van der Waals surface area contributed by atoms with Gasteiger partial charge in [0.05, 0.1) is 18.8 Å². The molecule has 0 heterocycles. The lowest BCUT2D eigenvalue weighted by molar-refractivity contribution is -0.0268. The Labute approximate surface area is 112 Å². The quantitative estimate of drug-likeness (QED) is 0.817. The summed E-state index contributed by atoms with van der Waals surface area (Å²) in [5.41, 5.74) is 0.371. The van der Waals surface area contributed by atoms with E-state index in [9.17, 15) is 0 Å². The number of hydrogen-bond donors (Lipinski definition) is 1. The van der Waals surface area contributed by atoms with Gasteiger partial charge in [-0.3, -0.25) is 5.32 Å². The van der Waals surface area contributed by atoms with Gasteiger partial charge in [0.25, 0.3) is 0 Å². The predicted octanol–water partition coefficient (Wildman–Crippen LogP) is 3.11. The van der Waals surface area contributed by atoms with Gasteiger partial charge in [-0.15, -0.1) is 0 Å². The highest BCUT2D eigenvalue weighted by Crippen LogP contribution is 2.39. The Morgan fingerprint density at radius 2 is 2.06 bits per heavy atom. The molecule has 3 heteroatoms. The summed E-state index contributed by atoms with van der Waals surface area (Å²) in [5.74, 6) is 0.720. The first-order chi connectivity index (χ1) is 8.32. The topological polar surface area (TPSA) is 45.0 Å². The third kappa shape index (κ3) is 5.37. The van der Waals surface area contributed by atoms with Crippen LogP contribution in [0.25, 0.3) is 0 Å². The standard InChI is InChI=1S/C15H28N2O/c1-11(2)17-13(9-16)10-18-14-6-12(3)7-15(4,5)8-14/h11-14,17H,6-8,10H2,1-5H3. The zero-order chi connectivity index (χ0) is 13.8. The average molecular weight is 252 g/mol. The summed E-state index contributed by atoms with van der Waals surface area (Å²) in [5, 5.41) is 12.3. The molecule has 0 amide bonds. The van der Waals surface area contributed by atoms with Crippen molar-refractivity contribution in [1.82, 2.24) is 5.32 Å². The smallest absolute Gasteiger partial charge is 0.119 e. The van der Waals surface area contributed by atoms with Crippen LogP contribution in [0, 0.1) is 22.7 Å². The minimum atomic E-state index is -0.189. The fourth-order valence-electron chi connectivity index (χ4n) is 3.14. The molecule has 1 saturated carbocycles. The molecule has 0 aromatic carbocycles. The zero-order valence-electron chi connectivity index (χ0n) is 12.5. The summed E-state index contributed by atoms with van der Waals surface area (Å²) in [7, 11) is 0. The van der Waals surface area contributed by atoms with Crippen molar-refractivity contribution in [2.45, 2.75) is 72.1 Å². The molecule has 0 spiro atoms. The zero-order valence-corrected chi connectivity index (χ0v) is 12.5. The first kappa shape index (κ1) is 15.5. The van der Waals surface area contributed by atoms with Crippen LogP contribution in [-0.4, -0.2) is 24.8 Å². The molecule has 18 heavy (non-hydrogen) atoms. The van der Waals surface area contributed by atoms with Crippen molar-refractivity contribution in [3.8, 4) is 6.07 Å². The summed E-state index contributed by atoms with van der Waals surface area (Å²) >= 11 is 0. The lowest BCUT2D eigenvalue weighted by Crippen LogP contribution is -2.40. The Balaban J connectivity index is 2.40. The molecule has 1 aliphatic carbocycles. The Kier molecular flexibility index (Phi) is 5.62. The van der Waals surface area contributed by atoms with Crippen molar-refractivity contribution >= 4 is 0 Å². The molecular formula is C15H28N2O. The molecule has 104 valence electrons. The van der Waals surface area contributed by atoms with Gasteiger partial charge in [-0.25, -0.2) is 0 Å². The molecule has 3 unspecified atom stereocenters. The molecule has 3 nitrogen and oxygen atoms in total. The lowest BCUT2D eigenvalue weighted by atomic mass is 9.71. The van der Waals surface area contributed by atoms with Crippen LogP contribution < -0.4 is 5.32 Å². The van der Waals surface area contributed by atoms with Crippen molar-refractivity contribution < 1.29 is 4.74 Å². The van der Waals surface area contributed by atoms with Crippen LogP contribution in [0.5, 0.6) is 0 Å². The molecule has 1 N–H and O–H groups in total. The van der Waals surface area contributed by atoms with Crippen LogP contribution in [0.15, 0.2) is 0 Å². The lowest BCUT2D eigenvalue weighted by Gasteiger charge is -2.39. The second kappa shape index (κ2) is 6.54. The molecule has 0 aliphatic heterocycles. The molecule has 3 atom stereocenters. The summed E-state index contributed by atoms with van der Waals surface area (Å²) in [6.07, 6.45) is 3.83. The number of rotatable bonds is 5. The van der Waals surface area contributed by atoms with Crippen molar-refractivity contribution in [3.63, 3.8) is 0 Å². The van der Waals surface area contributed by atoms with E-state index in [1.807, 2.05) is 0 Å². The molecule has 1 aliphatic rings. The SMILES string of the molecule is CC1CC(OCC(C#N)NC(C)C)CC(C)(C)C1. The minimum Gasteiger partial charge on any atom is -0.375 e. The van der Waals surface area contributed by atoms with E-state index < -0.39 is 0 Å². The maximum absolute atomic E-state index is 9.07. The maximum atomic E-state index is 9.07. The van der Waals surface area contributed by atoms with Crippen LogP contribution in [0.4, 0.5) is 0 Å². The van der Waals surface area contributed by atoms with Gasteiger partial charge in [-0.2, -0.15) is 5.26 Å². The minimum absolute atomic E-state index is 0.189. The third-order valence-corrected chi connectivity index (χ3v) is 3.54. The molecule has 0 radical (unpaired) electrons. The third-order valence-electron chi connectivity index (χ3n) is 3.54. The van der Waals surface area contributed by atoms with Gasteiger partial charge in [-0.1, -0.05) is 20.8 Å². The first-order valence-corrected chi connectivity index (χ1v) is 7.09. The van der Waals surface area contributed by atoms with Crippen LogP contribution in [0.1, 0.15) is 53.9 Å². The van der Waals surface area contributed by atoms with E-state index >= 15 is 0 Å². The molecule has 0 saturated heterocycles. The van der Waals surface area contributed by atoms with E-state index in [1.165, 1.54) is 6.42 Å². The number of nitrogens with zero attached hydrogens (tertiary/aromatic N) is 1. The van der Waals surface area contributed by atoms with E-state index in [0.717, 1.165) is 18.8 Å². The number of nitriles is 1.